The highest BCUT2D eigenvalue weighted by molar-refractivity contribution is 5.93. The Morgan fingerprint density at radius 2 is 2.30 bits per heavy atom. The van der Waals surface area contributed by atoms with Crippen molar-refractivity contribution in [2.24, 2.45) is 0 Å². The van der Waals surface area contributed by atoms with E-state index in [0.29, 0.717) is 0 Å². The van der Waals surface area contributed by atoms with Crippen molar-refractivity contribution in [2.45, 2.75) is 19.9 Å². The van der Waals surface area contributed by atoms with Crippen LogP contribution in [0, 0.1) is 23.2 Å². The third-order valence-corrected chi connectivity index (χ3v) is 0.780. The molecule has 0 aliphatic heterocycles. The van der Waals surface area contributed by atoms with Crippen molar-refractivity contribution in [3.63, 3.8) is 0 Å². The van der Waals surface area contributed by atoms with E-state index in [1.54, 1.807) is 13.8 Å². The highest BCUT2D eigenvalue weighted by atomic mass is 16.1. The van der Waals surface area contributed by atoms with Gasteiger partial charge in [0, 0.05) is 0 Å². The highest BCUT2D eigenvalue weighted by Gasteiger charge is 2.00. The zero-order valence-corrected chi connectivity index (χ0v) is 5.93. The quantitative estimate of drug-likeness (QED) is 0.517. The minimum Gasteiger partial charge on any atom is -0.330 e. The molecule has 0 saturated heterocycles. The number of rotatable bonds is 1. The van der Waals surface area contributed by atoms with Crippen molar-refractivity contribution < 1.29 is 4.79 Å². The Kier molecular flexibility index (Phi) is 3.75. The molecular formula is C7H8N2O. The molecule has 0 aliphatic rings. The molecule has 0 heterocycles. The smallest absolute Gasteiger partial charge is 0.296 e. The molecule has 0 bridgehead atoms. The molecule has 10 heavy (non-hydrogen) atoms. The van der Waals surface area contributed by atoms with E-state index >= 15 is 0 Å². The third kappa shape index (κ3) is 3.51. The molecule has 0 aromatic rings. The second-order valence-corrected chi connectivity index (χ2v) is 1.70. The van der Waals surface area contributed by atoms with Crippen LogP contribution in [0.2, 0.25) is 0 Å². The fraction of sp³-hybridized carbons (Fsp3) is 0.429. The first kappa shape index (κ1) is 8.52. The summed E-state index contributed by atoms with van der Waals surface area (Å²) in [6.07, 6.45) is 0. The molecule has 0 spiro atoms. The van der Waals surface area contributed by atoms with Gasteiger partial charge in [0.15, 0.2) is 0 Å². The van der Waals surface area contributed by atoms with Gasteiger partial charge in [-0.05, 0) is 19.8 Å². The fourth-order valence-electron chi connectivity index (χ4n) is 0.379. The Labute approximate surface area is 60.0 Å². The summed E-state index contributed by atoms with van der Waals surface area (Å²) in [7, 11) is 0. The molecule has 3 nitrogen and oxygen atoms in total. The molecule has 3 heteroatoms. The van der Waals surface area contributed by atoms with Crippen LogP contribution in [0.3, 0.4) is 0 Å². The maximum absolute atomic E-state index is 10.6. The average molecular weight is 136 g/mol. The van der Waals surface area contributed by atoms with E-state index in [2.05, 4.69) is 17.2 Å². The number of carbonyl (C=O) groups is 1. The Morgan fingerprint density at radius 1 is 1.70 bits per heavy atom. The summed E-state index contributed by atoms with van der Waals surface area (Å²) in [5, 5.41) is 10.6. The van der Waals surface area contributed by atoms with Gasteiger partial charge in [-0.3, -0.25) is 4.79 Å². The zero-order valence-electron chi connectivity index (χ0n) is 5.93. The minimum atomic E-state index is -0.464. The Bertz CT molecular complexity index is 216. The number of hydrogen-bond acceptors (Lipinski definition) is 2. The van der Waals surface area contributed by atoms with E-state index in [-0.39, 0.29) is 0 Å². The number of hydrogen-bond donors (Lipinski definition) is 1. The number of nitrogens with zero attached hydrogens (tertiary/aromatic N) is 1. The lowest BCUT2D eigenvalue weighted by Gasteiger charge is -1.98. The Morgan fingerprint density at radius 3 is 2.70 bits per heavy atom. The molecule has 52 valence electrons. The van der Waals surface area contributed by atoms with Crippen LogP contribution >= 0.6 is 0 Å². The molecule has 1 N–H and O–H groups in total. The van der Waals surface area contributed by atoms with Gasteiger partial charge in [-0.2, -0.15) is 5.26 Å². The highest BCUT2D eigenvalue weighted by Crippen LogP contribution is 1.74. The lowest BCUT2D eigenvalue weighted by Crippen LogP contribution is -2.29. The second-order valence-electron chi connectivity index (χ2n) is 1.70. The van der Waals surface area contributed by atoms with Crippen LogP contribution in [0.15, 0.2) is 0 Å². The minimum absolute atomic E-state index is 0.406. The van der Waals surface area contributed by atoms with Gasteiger partial charge < -0.3 is 5.32 Å². The van der Waals surface area contributed by atoms with E-state index in [9.17, 15) is 4.79 Å². The summed E-state index contributed by atoms with van der Waals surface area (Å²) in [5.41, 5.74) is 0. The SMILES string of the molecule is CC#CC(=O)NC(C)C#N. The van der Waals surface area contributed by atoms with Gasteiger partial charge in [-0.25, -0.2) is 0 Å². The van der Waals surface area contributed by atoms with Crippen LogP contribution in [-0.2, 0) is 4.79 Å². The molecule has 0 aromatic carbocycles. The van der Waals surface area contributed by atoms with Crippen LogP contribution in [0.5, 0.6) is 0 Å². The molecule has 0 radical (unpaired) electrons. The molecule has 0 fully saturated rings. The normalized spacial score (nSPS) is 10.1. The van der Waals surface area contributed by atoms with Gasteiger partial charge in [0.05, 0.1) is 6.07 Å². The summed E-state index contributed by atoms with van der Waals surface area (Å²) in [6.45, 7) is 3.16. The number of carbonyl (C=O) groups excluding carboxylic acids is 1. The van der Waals surface area contributed by atoms with Gasteiger partial charge in [0.1, 0.15) is 6.04 Å². The third-order valence-electron chi connectivity index (χ3n) is 0.780. The maximum Gasteiger partial charge on any atom is 0.296 e. The van der Waals surface area contributed by atoms with Gasteiger partial charge in [0.2, 0.25) is 0 Å². The van der Waals surface area contributed by atoms with Crippen molar-refractivity contribution in [3.8, 4) is 17.9 Å². The van der Waals surface area contributed by atoms with E-state index in [4.69, 9.17) is 5.26 Å². The first-order valence-corrected chi connectivity index (χ1v) is 2.83. The van der Waals surface area contributed by atoms with Crippen molar-refractivity contribution in [1.29, 1.82) is 5.26 Å². The van der Waals surface area contributed by atoms with Gasteiger partial charge in [-0.1, -0.05) is 5.92 Å². The van der Waals surface area contributed by atoms with Crippen LogP contribution in [-0.4, -0.2) is 11.9 Å². The van der Waals surface area contributed by atoms with Crippen molar-refractivity contribution in [1.82, 2.24) is 5.32 Å². The van der Waals surface area contributed by atoms with Gasteiger partial charge in [-0.15, -0.1) is 0 Å². The monoisotopic (exact) mass is 136 g/mol. The molecular weight excluding hydrogens is 128 g/mol. The molecule has 0 saturated carbocycles. The Hall–Kier alpha value is -1.48. The number of nitrogens with one attached hydrogen (secondary N) is 1. The number of nitriles is 1. The standard InChI is InChI=1S/C7H8N2O/c1-3-4-7(10)9-6(2)5-8/h6H,1-2H3,(H,9,10). The largest absolute Gasteiger partial charge is 0.330 e. The maximum atomic E-state index is 10.6. The summed E-state index contributed by atoms with van der Waals surface area (Å²) in [5.74, 6) is 4.28. The lowest BCUT2D eigenvalue weighted by molar-refractivity contribution is -0.115. The predicted octanol–water partition coefficient (Wildman–Crippen LogP) is 0.0380. The number of amides is 1. The Balaban J connectivity index is 3.79. The lowest BCUT2D eigenvalue weighted by atomic mass is 10.4. The average Bonchev–Trinajstić information content (AvgIpc) is 1.88. The van der Waals surface area contributed by atoms with Crippen LogP contribution in [0.4, 0.5) is 0 Å². The van der Waals surface area contributed by atoms with E-state index in [0.717, 1.165) is 0 Å². The zero-order chi connectivity index (χ0) is 7.98. The molecule has 1 unspecified atom stereocenters. The van der Waals surface area contributed by atoms with Gasteiger partial charge >= 0.3 is 0 Å². The molecule has 0 rings (SSSR count). The molecule has 1 atom stereocenters. The topological polar surface area (TPSA) is 52.9 Å². The molecule has 0 aromatic heterocycles. The van der Waals surface area contributed by atoms with Crippen LogP contribution in [0.25, 0.3) is 0 Å². The predicted molar refractivity (Wildman–Crippen MR) is 36.7 cm³/mol. The van der Waals surface area contributed by atoms with E-state index in [1.165, 1.54) is 0 Å². The summed E-state index contributed by atoms with van der Waals surface area (Å²) in [6, 6.07) is 1.39. The van der Waals surface area contributed by atoms with Crippen LogP contribution in [0.1, 0.15) is 13.8 Å². The first-order valence-electron chi connectivity index (χ1n) is 2.83. The molecule has 1 amide bonds. The van der Waals surface area contributed by atoms with Crippen molar-refractivity contribution in [2.75, 3.05) is 0 Å². The first-order chi connectivity index (χ1) is 4.70. The summed E-state index contributed by atoms with van der Waals surface area (Å²) >= 11 is 0. The van der Waals surface area contributed by atoms with Crippen molar-refractivity contribution >= 4 is 5.91 Å². The summed E-state index contributed by atoms with van der Waals surface area (Å²) in [4.78, 5) is 10.6. The fourth-order valence-corrected chi connectivity index (χ4v) is 0.379. The summed E-state index contributed by atoms with van der Waals surface area (Å²) < 4.78 is 0. The van der Waals surface area contributed by atoms with Gasteiger partial charge in [0.25, 0.3) is 5.91 Å². The second kappa shape index (κ2) is 4.40. The van der Waals surface area contributed by atoms with Crippen LogP contribution < -0.4 is 5.32 Å². The van der Waals surface area contributed by atoms with E-state index < -0.39 is 11.9 Å². The molecule has 0 aliphatic carbocycles. The van der Waals surface area contributed by atoms with Crippen molar-refractivity contribution in [3.05, 3.63) is 0 Å². The van der Waals surface area contributed by atoms with E-state index in [1.807, 2.05) is 6.07 Å².